The summed E-state index contributed by atoms with van der Waals surface area (Å²) < 4.78 is 5.05. The second-order valence-corrected chi connectivity index (χ2v) is 3.98. The molecule has 17 heavy (non-hydrogen) atoms. The van der Waals surface area contributed by atoms with E-state index in [0.717, 1.165) is 5.56 Å². The molecule has 1 aromatic carbocycles. The van der Waals surface area contributed by atoms with Crippen molar-refractivity contribution in [3.05, 3.63) is 34.5 Å². The monoisotopic (exact) mass is 250 g/mol. The summed E-state index contributed by atoms with van der Waals surface area (Å²) in [5.41, 5.74) is 1.18. The summed E-state index contributed by atoms with van der Waals surface area (Å²) in [6.45, 7) is 1.74. The topological polar surface area (TPSA) is 50.7 Å². The number of nitrogens with zero attached hydrogens (tertiary/aromatic N) is 1. The molecule has 0 atom stereocenters. The van der Waals surface area contributed by atoms with Gasteiger partial charge < -0.3 is 10.1 Å². The number of amides is 1. The highest BCUT2D eigenvalue weighted by atomic mass is 35.5. The van der Waals surface area contributed by atoms with Gasteiger partial charge in [-0.2, -0.15) is 0 Å². The first-order valence-corrected chi connectivity index (χ1v) is 5.40. The predicted octanol–water partition coefficient (Wildman–Crippen LogP) is 2.24. The quantitative estimate of drug-likeness (QED) is 0.819. The smallest absolute Gasteiger partial charge is 0.275 e. The van der Waals surface area contributed by atoms with Gasteiger partial charge in [-0.05, 0) is 30.7 Å². The van der Waals surface area contributed by atoms with Gasteiger partial charge in [0.05, 0.1) is 12.1 Å². The van der Waals surface area contributed by atoms with E-state index in [2.05, 4.69) is 10.3 Å². The lowest BCUT2D eigenvalue weighted by Crippen LogP contribution is -2.21. The van der Waals surface area contributed by atoms with Crippen LogP contribution in [0.2, 0.25) is 5.02 Å². The van der Waals surface area contributed by atoms with E-state index in [1.165, 1.54) is 0 Å². The van der Waals surface area contributed by atoms with Gasteiger partial charge in [-0.15, -0.1) is 0 Å². The second-order valence-electron chi connectivity index (χ2n) is 3.57. The minimum Gasteiger partial charge on any atom is -0.495 e. The molecule has 0 saturated carbocycles. The number of carbonyl (C=O) groups excluding carboxylic acids is 1. The summed E-state index contributed by atoms with van der Waals surface area (Å²) in [5.74, 6) is 1.000. The van der Waals surface area contributed by atoms with Gasteiger partial charge in [-0.3, -0.25) is 4.79 Å². The summed E-state index contributed by atoms with van der Waals surface area (Å²) >= 11 is 5.99. The van der Waals surface area contributed by atoms with Gasteiger partial charge in [0.15, 0.2) is 0 Å². The second kappa shape index (κ2) is 4.59. The standard InChI is InChI=1S/C12H11ClN2O2/c1-7-14-10(12(16)15-7)6-8-3-4-11(17-2)9(13)5-8/h3-6H,1-2H3,(H,14,15,16)/b10-6+. The third-order valence-corrected chi connectivity index (χ3v) is 2.59. The van der Waals surface area contributed by atoms with Crippen molar-refractivity contribution >= 4 is 29.4 Å². The van der Waals surface area contributed by atoms with Crippen LogP contribution in [0, 0.1) is 0 Å². The van der Waals surface area contributed by atoms with Crippen LogP contribution in [-0.2, 0) is 4.79 Å². The van der Waals surface area contributed by atoms with Gasteiger partial charge in [-0.1, -0.05) is 17.7 Å². The molecule has 0 spiro atoms. The zero-order valence-electron chi connectivity index (χ0n) is 9.45. The number of hydrogen-bond donors (Lipinski definition) is 1. The molecule has 1 N–H and O–H groups in total. The highest BCUT2D eigenvalue weighted by Gasteiger charge is 2.16. The number of carbonyl (C=O) groups is 1. The molecular formula is C12H11ClN2O2. The molecule has 0 radical (unpaired) electrons. The lowest BCUT2D eigenvalue weighted by molar-refractivity contribution is -0.115. The molecule has 4 nitrogen and oxygen atoms in total. The summed E-state index contributed by atoms with van der Waals surface area (Å²) in [5, 5.41) is 3.11. The Kier molecular flexibility index (Phi) is 3.15. The van der Waals surface area contributed by atoms with Crippen LogP contribution >= 0.6 is 11.6 Å². The first-order valence-electron chi connectivity index (χ1n) is 5.02. The highest BCUT2D eigenvalue weighted by Crippen LogP contribution is 2.26. The molecule has 1 aliphatic rings. The average Bonchev–Trinajstić information content (AvgIpc) is 2.58. The Labute approximate surface area is 104 Å². The van der Waals surface area contributed by atoms with E-state index in [-0.39, 0.29) is 5.91 Å². The van der Waals surface area contributed by atoms with E-state index in [9.17, 15) is 4.79 Å². The van der Waals surface area contributed by atoms with Crippen molar-refractivity contribution in [2.75, 3.05) is 7.11 Å². The Morgan fingerprint density at radius 1 is 1.47 bits per heavy atom. The molecule has 2 rings (SSSR count). The number of rotatable bonds is 2. The number of aliphatic imine (C=N–C) groups is 1. The van der Waals surface area contributed by atoms with Crippen LogP contribution in [0.1, 0.15) is 12.5 Å². The minimum absolute atomic E-state index is 0.200. The Balaban J connectivity index is 2.33. The number of ether oxygens (including phenoxy) is 1. The SMILES string of the molecule is COc1ccc(/C=C2/N=C(C)NC2=O)cc1Cl. The first-order chi connectivity index (χ1) is 8.10. The summed E-state index contributed by atoms with van der Waals surface area (Å²) in [4.78, 5) is 15.5. The van der Waals surface area contributed by atoms with Crippen molar-refractivity contribution in [1.82, 2.24) is 5.32 Å². The zero-order valence-corrected chi connectivity index (χ0v) is 10.2. The van der Waals surface area contributed by atoms with Crippen LogP contribution in [0.15, 0.2) is 28.9 Å². The van der Waals surface area contributed by atoms with Crippen LogP contribution in [0.4, 0.5) is 0 Å². The van der Waals surface area contributed by atoms with Gasteiger partial charge in [0, 0.05) is 0 Å². The number of halogens is 1. The first kappa shape index (κ1) is 11.7. The maximum Gasteiger partial charge on any atom is 0.275 e. The minimum atomic E-state index is -0.200. The Morgan fingerprint density at radius 3 is 2.76 bits per heavy atom. The molecular weight excluding hydrogens is 240 g/mol. The largest absolute Gasteiger partial charge is 0.495 e. The lowest BCUT2D eigenvalue weighted by Gasteiger charge is -2.03. The van der Waals surface area contributed by atoms with E-state index >= 15 is 0 Å². The Bertz CT molecular complexity index is 535. The number of benzene rings is 1. The number of methoxy groups -OCH3 is 1. The van der Waals surface area contributed by atoms with Crippen molar-refractivity contribution in [2.24, 2.45) is 4.99 Å². The molecule has 1 heterocycles. The Hall–Kier alpha value is -1.81. The van der Waals surface area contributed by atoms with Crippen molar-refractivity contribution in [2.45, 2.75) is 6.92 Å². The fourth-order valence-corrected chi connectivity index (χ4v) is 1.78. The normalized spacial score (nSPS) is 17.0. The molecule has 0 aromatic heterocycles. The predicted molar refractivity (Wildman–Crippen MR) is 67.2 cm³/mol. The van der Waals surface area contributed by atoms with Gasteiger partial charge in [0.2, 0.25) is 0 Å². The summed E-state index contributed by atoms with van der Waals surface area (Å²) in [6, 6.07) is 5.29. The molecule has 0 aliphatic carbocycles. The van der Waals surface area contributed by atoms with E-state index in [1.54, 1.807) is 32.2 Å². The number of amidine groups is 1. The van der Waals surface area contributed by atoms with Crippen LogP contribution in [-0.4, -0.2) is 18.9 Å². The number of nitrogens with one attached hydrogen (secondary N) is 1. The van der Waals surface area contributed by atoms with Crippen molar-refractivity contribution in [3.8, 4) is 5.75 Å². The lowest BCUT2D eigenvalue weighted by atomic mass is 10.2. The Morgan fingerprint density at radius 2 is 2.24 bits per heavy atom. The van der Waals surface area contributed by atoms with Crippen LogP contribution < -0.4 is 10.1 Å². The van der Waals surface area contributed by atoms with Gasteiger partial charge in [-0.25, -0.2) is 4.99 Å². The van der Waals surface area contributed by atoms with Crippen LogP contribution in [0.5, 0.6) is 5.75 Å². The number of hydrogen-bond acceptors (Lipinski definition) is 3. The fourth-order valence-electron chi connectivity index (χ4n) is 1.52. The maximum atomic E-state index is 11.4. The van der Waals surface area contributed by atoms with E-state index in [0.29, 0.717) is 22.3 Å². The average molecular weight is 251 g/mol. The molecule has 1 amide bonds. The van der Waals surface area contributed by atoms with Crippen molar-refractivity contribution in [3.63, 3.8) is 0 Å². The fraction of sp³-hybridized carbons (Fsp3) is 0.167. The van der Waals surface area contributed by atoms with Crippen molar-refractivity contribution in [1.29, 1.82) is 0 Å². The van der Waals surface area contributed by atoms with Crippen LogP contribution in [0.25, 0.3) is 6.08 Å². The molecule has 5 heteroatoms. The molecule has 1 aliphatic heterocycles. The molecule has 88 valence electrons. The molecule has 0 fully saturated rings. The third-order valence-electron chi connectivity index (χ3n) is 2.29. The highest BCUT2D eigenvalue weighted by molar-refractivity contribution is 6.32. The van der Waals surface area contributed by atoms with Crippen LogP contribution in [0.3, 0.4) is 0 Å². The summed E-state index contributed by atoms with van der Waals surface area (Å²) in [7, 11) is 1.55. The maximum absolute atomic E-state index is 11.4. The molecule has 0 unspecified atom stereocenters. The van der Waals surface area contributed by atoms with Gasteiger partial charge in [0.1, 0.15) is 17.3 Å². The third kappa shape index (κ3) is 2.47. The molecule has 0 saturated heterocycles. The van der Waals surface area contributed by atoms with E-state index in [1.807, 2.05) is 6.07 Å². The van der Waals surface area contributed by atoms with Gasteiger partial charge in [0.25, 0.3) is 5.91 Å². The zero-order chi connectivity index (χ0) is 12.4. The molecule has 1 aromatic rings. The van der Waals surface area contributed by atoms with E-state index in [4.69, 9.17) is 16.3 Å². The van der Waals surface area contributed by atoms with Gasteiger partial charge >= 0.3 is 0 Å². The molecule has 0 bridgehead atoms. The van der Waals surface area contributed by atoms with E-state index < -0.39 is 0 Å². The summed E-state index contributed by atoms with van der Waals surface area (Å²) in [6.07, 6.45) is 1.68. The van der Waals surface area contributed by atoms with Crippen molar-refractivity contribution < 1.29 is 9.53 Å².